The smallest absolute Gasteiger partial charge is 0.337 e. The molecule has 0 fully saturated rings. The van der Waals surface area contributed by atoms with E-state index in [9.17, 15) is 14.4 Å². The van der Waals surface area contributed by atoms with Gasteiger partial charge in [0, 0.05) is 6.54 Å². The van der Waals surface area contributed by atoms with Crippen LogP contribution < -0.4 is 10.7 Å². The minimum atomic E-state index is -0.830. The molecule has 0 unspecified atom stereocenters. The summed E-state index contributed by atoms with van der Waals surface area (Å²) in [6.45, 7) is 4.27. The summed E-state index contributed by atoms with van der Waals surface area (Å²) in [7, 11) is 1.30. The van der Waals surface area contributed by atoms with E-state index in [0.29, 0.717) is 17.7 Å². The predicted octanol–water partition coefficient (Wildman–Crippen LogP) is 0.695. The van der Waals surface area contributed by atoms with E-state index in [1.807, 2.05) is 13.8 Å². The number of carbonyl (C=O) groups excluding carboxylic acids is 3. The minimum Gasteiger partial charge on any atom is -0.465 e. The number of ether oxygens (including phenoxy) is 1. The molecule has 0 saturated carbocycles. The molecule has 7 heteroatoms. The molecule has 0 radical (unpaired) electrons. The van der Waals surface area contributed by atoms with Crippen molar-refractivity contribution < 1.29 is 19.1 Å². The Kier molecular flexibility index (Phi) is 6.75. The molecule has 2 amide bonds. The molecule has 0 aromatic heterocycles. The molecule has 0 aliphatic carbocycles. The average Bonchev–Trinajstić information content (AvgIpc) is 2.52. The number of amides is 2. The highest BCUT2D eigenvalue weighted by atomic mass is 16.5. The van der Waals surface area contributed by atoms with Gasteiger partial charge >= 0.3 is 17.8 Å². The van der Waals surface area contributed by atoms with Gasteiger partial charge in [0.05, 0.1) is 18.9 Å². The number of hydrogen-bond acceptors (Lipinski definition) is 5. The molecule has 0 aliphatic heterocycles. The van der Waals surface area contributed by atoms with Crippen molar-refractivity contribution in [3.8, 4) is 0 Å². The van der Waals surface area contributed by atoms with Crippen molar-refractivity contribution in [3.05, 3.63) is 35.4 Å². The van der Waals surface area contributed by atoms with Gasteiger partial charge in [-0.05, 0) is 23.6 Å². The first-order chi connectivity index (χ1) is 10.4. The Morgan fingerprint density at radius 3 is 2.36 bits per heavy atom. The fourth-order valence-electron chi connectivity index (χ4n) is 1.42. The van der Waals surface area contributed by atoms with E-state index in [4.69, 9.17) is 0 Å². The number of hydrazone groups is 1. The molecular weight excluding hydrogens is 286 g/mol. The van der Waals surface area contributed by atoms with Gasteiger partial charge in [-0.15, -0.1) is 0 Å². The van der Waals surface area contributed by atoms with Gasteiger partial charge in [0.15, 0.2) is 0 Å². The van der Waals surface area contributed by atoms with Crippen LogP contribution in [0.5, 0.6) is 0 Å². The van der Waals surface area contributed by atoms with Crippen molar-refractivity contribution in [1.29, 1.82) is 0 Å². The first-order valence-electron chi connectivity index (χ1n) is 6.73. The van der Waals surface area contributed by atoms with Gasteiger partial charge in [-0.25, -0.2) is 10.2 Å². The molecule has 0 aliphatic rings. The Balaban J connectivity index is 2.50. The van der Waals surface area contributed by atoms with E-state index in [-0.39, 0.29) is 5.92 Å². The molecule has 1 rings (SSSR count). The topological polar surface area (TPSA) is 96.9 Å². The monoisotopic (exact) mass is 305 g/mol. The van der Waals surface area contributed by atoms with Crippen LogP contribution in [0.1, 0.15) is 29.8 Å². The van der Waals surface area contributed by atoms with E-state index in [2.05, 4.69) is 20.6 Å². The van der Waals surface area contributed by atoms with Crippen molar-refractivity contribution >= 4 is 24.0 Å². The summed E-state index contributed by atoms with van der Waals surface area (Å²) in [5.41, 5.74) is 3.21. The maximum atomic E-state index is 11.4. The van der Waals surface area contributed by atoms with E-state index in [1.54, 1.807) is 24.3 Å². The first kappa shape index (κ1) is 17.4. The third-order valence-electron chi connectivity index (χ3n) is 2.59. The summed E-state index contributed by atoms with van der Waals surface area (Å²) in [4.78, 5) is 34.1. The molecule has 0 spiro atoms. The molecule has 0 saturated heterocycles. The maximum absolute atomic E-state index is 11.4. The zero-order valence-electron chi connectivity index (χ0n) is 12.8. The van der Waals surface area contributed by atoms with Crippen LogP contribution in [0.4, 0.5) is 0 Å². The number of benzene rings is 1. The molecule has 0 atom stereocenters. The summed E-state index contributed by atoms with van der Waals surface area (Å²) < 4.78 is 4.58. The summed E-state index contributed by atoms with van der Waals surface area (Å²) in [6.07, 6.45) is 1.37. The van der Waals surface area contributed by atoms with Crippen LogP contribution in [-0.2, 0) is 14.3 Å². The molecule has 7 nitrogen and oxygen atoms in total. The number of hydrogen-bond donors (Lipinski definition) is 2. The SMILES string of the molecule is COC(=O)c1ccc(/C=N/NC(=O)C(=O)NCC(C)C)cc1. The molecule has 0 bridgehead atoms. The van der Waals surface area contributed by atoms with E-state index in [1.165, 1.54) is 13.3 Å². The van der Waals surface area contributed by atoms with Gasteiger partial charge < -0.3 is 10.1 Å². The standard InChI is InChI=1S/C15H19N3O4/c1-10(2)8-16-13(19)14(20)18-17-9-11-4-6-12(7-5-11)15(21)22-3/h4-7,9-10H,8H2,1-3H3,(H,16,19)(H,18,20)/b17-9+. The van der Waals surface area contributed by atoms with Crippen LogP contribution in [0, 0.1) is 5.92 Å². The number of methoxy groups -OCH3 is 1. The van der Waals surface area contributed by atoms with Crippen LogP contribution in [0.3, 0.4) is 0 Å². The molecular formula is C15H19N3O4. The molecule has 2 N–H and O–H groups in total. The highest BCUT2D eigenvalue weighted by molar-refractivity contribution is 6.35. The quantitative estimate of drug-likeness (QED) is 0.362. The van der Waals surface area contributed by atoms with Crippen LogP contribution in [0.2, 0.25) is 0 Å². The van der Waals surface area contributed by atoms with Gasteiger partial charge in [-0.2, -0.15) is 5.10 Å². The number of nitrogens with one attached hydrogen (secondary N) is 2. The molecule has 22 heavy (non-hydrogen) atoms. The Labute approximate surface area is 128 Å². The van der Waals surface area contributed by atoms with Gasteiger partial charge in [-0.1, -0.05) is 26.0 Å². The highest BCUT2D eigenvalue weighted by Crippen LogP contribution is 2.03. The second-order valence-electron chi connectivity index (χ2n) is 4.92. The summed E-state index contributed by atoms with van der Waals surface area (Å²) in [6, 6.07) is 6.43. The van der Waals surface area contributed by atoms with Crippen molar-refractivity contribution in [3.63, 3.8) is 0 Å². The van der Waals surface area contributed by atoms with Crippen LogP contribution in [0.15, 0.2) is 29.4 Å². The second kappa shape index (κ2) is 8.56. The number of nitrogens with zero attached hydrogens (tertiary/aromatic N) is 1. The van der Waals surface area contributed by atoms with Gasteiger partial charge in [0.25, 0.3) is 0 Å². The fraction of sp³-hybridized carbons (Fsp3) is 0.333. The van der Waals surface area contributed by atoms with Gasteiger partial charge in [0.2, 0.25) is 0 Å². The van der Waals surface area contributed by atoms with Crippen molar-refractivity contribution in [2.75, 3.05) is 13.7 Å². The van der Waals surface area contributed by atoms with Crippen LogP contribution in [0.25, 0.3) is 0 Å². The highest BCUT2D eigenvalue weighted by Gasteiger charge is 2.12. The van der Waals surface area contributed by atoms with E-state index >= 15 is 0 Å². The average molecular weight is 305 g/mol. The normalized spacial score (nSPS) is 10.5. The summed E-state index contributed by atoms with van der Waals surface area (Å²) in [5.74, 6) is -1.73. The lowest BCUT2D eigenvalue weighted by Crippen LogP contribution is -2.39. The first-order valence-corrected chi connectivity index (χ1v) is 6.73. The molecule has 0 heterocycles. The zero-order chi connectivity index (χ0) is 16.5. The third-order valence-corrected chi connectivity index (χ3v) is 2.59. The second-order valence-corrected chi connectivity index (χ2v) is 4.92. The Morgan fingerprint density at radius 1 is 1.18 bits per heavy atom. The molecule has 118 valence electrons. The zero-order valence-corrected chi connectivity index (χ0v) is 12.8. The van der Waals surface area contributed by atoms with E-state index < -0.39 is 17.8 Å². The minimum absolute atomic E-state index is 0.258. The van der Waals surface area contributed by atoms with E-state index in [0.717, 1.165) is 0 Å². The van der Waals surface area contributed by atoms with Crippen LogP contribution >= 0.6 is 0 Å². The Bertz CT molecular complexity index is 565. The Morgan fingerprint density at radius 2 is 1.82 bits per heavy atom. The third kappa shape index (κ3) is 5.74. The van der Waals surface area contributed by atoms with Gasteiger partial charge in [0.1, 0.15) is 0 Å². The van der Waals surface area contributed by atoms with Crippen molar-refractivity contribution in [2.45, 2.75) is 13.8 Å². The van der Waals surface area contributed by atoms with Gasteiger partial charge in [-0.3, -0.25) is 9.59 Å². The summed E-state index contributed by atoms with van der Waals surface area (Å²) >= 11 is 0. The lowest BCUT2D eigenvalue weighted by molar-refractivity contribution is -0.139. The lowest BCUT2D eigenvalue weighted by atomic mass is 10.1. The van der Waals surface area contributed by atoms with Crippen LogP contribution in [-0.4, -0.2) is 37.7 Å². The predicted molar refractivity (Wildman–Crippen MR) is 81.4 cm³/mol. The van der Waals surface area contributed by atoms with Crippen molar-refractivity contribution in [2.24, 2.45) is 11.0 Å². The maximum Gasteiger partial charge on any atom is 0.337 e. The molecule has 1 aromatic carbocycles. The molecule has 1 aromatic rings. The lowest BCUT2D eigenvalue weighted by Gasteiger charge is -2.05. The van der Waals surface area contributed by atoms with Crippen molar-refractivity contribution in [1.82, 2.24) is 10.7 Å². The number of rotatable bonds is 5. The number of esters is 1. The largest absolute Gasteiger partial charge is 0.465 e. The fourth-order valence-corrected chi connectivity index (χ4v) is 1.42. The number of carbonyl (C=O) groups is 3. The summed E-state index contributed by atoms with van der Waals surface area (Å²) in [5, 5.41) is 6.16. The Hall–Kier alpha value is -2.70.